The molecular formula is C26H25N5O. The van der Waals surface area contributed by atoms with Gasteiger partial charge in [-0.3, -0.25) is 4.90 Å². The van der Waals surface area contributed by atoms with Crippen LogP contribution in [-0.2, 0) is 0 Å². The van der Waals surface area contributed by atoms with Crippen LogP contribution in [-0.4, -0.2) is 31.1 Å². The highest BCUT2D eigenvalue weighted by Crippen LogP contribution is 2.57. The van der Waals surface area contributed by atoms with Crippen molar-refractivity contribution in [3.8, 4) is 24.0 Å². The molecule has 0 saturated carbocycles. The SMILES string of the molecule is COc1ccc2ccccc2c1C1C2CN(C(C)C)CC=C2C(C#N)=C(N)C1(C#N)C#N. The van der Waals surface area contributed by atoms with E-state index in [2.05, 4.69) is 37.0 Å². The summed E-state index contributed by atoms with van der Waals surface area (Å²) in [6, 6.07) is 18.6. The topological polar surface area (TPSA) is 110 Å². The van der Waals surface area contributed by atoms with Gasteiger partial charge >= 0.3 is 0 Å². The Kier molecular flexibility index (Phi) is 5.39. The Hall–Kier alpha value is -3.79. The van der Waals surface area contributed by atoms with Gasteiger partial charge in [0.05, 0.1) is 30.5 Å². The number of hydrogen-bond donors (Lipinski definition) is 1. The Balaban J connectivity index is 2.12. The lowest BCUT2D eigenvalue weighted by Crippen LogP contribution is -2.49. The second-order valence-corrected chi connectivity index (χ2v) is 8.63. The molecule has 32 heavy (non-hydrogen) atoms. The number of rotatable bonds is 3. The van der Waals surface area contributed by atoms with Gasteiger partial charge in [-0.15, -0.1) is 0 Å². The van der Waals surface area contributed by atoms with Crippen molar-refractivity contribution in [2.45, 2.75) is 25.8 Å². The molecule has 6 nitrogen and oxygen atoms in total. The molecule has 160 valence electrons. The maximum atomic E-state index is 10.4. The van der Waals surface area contributed by atoms with Crippen LogP contribution in [0.4, 0.5) is 0 Å². The number of nitrogens with two attached hydrogens (primary N) is 1. The fourth-order valence-electron chi connectivity index (χ4n) is 5.21. The third-order valence-corrected chi connectivity index (χ3v) is 6.88. The Bertz CT molecular complexity index is 1250. The Morgan fingerprint density at radius 1 is 1.12 bits per heavy atom. The molecule has 4 rings (SSSR count). The summed E-state index contributed by atoms with van der Waals surface area (Å²) >= 11 is 0. The van der Waals surface area contributed by atoms with Crippen LogP contribution in [0.3, 0.4) is 0 Å². The molecule has 2 aromatic rings. The van der Waals surface area contributed by atoms with Crippen LogP contribution in [0.1, 0.15) is 25.3 Å². The first-order valence-electron chi connectivity index (χ1n) is 10.7. The van der Waals surface area contributed by atoms with Crippen molar-refractivity contribution >= 4 is 10.8 Å². The molecule has 0 amide bonds. The van der Waals surface area contributed by atoms with E-state index in [1.165, 1.54) is 0 Å². The molecule has 1 aliphatic carbocycles. The summed E-state index contributed by atoms with van der Waals surface area (Å²) in [7, 11) is 1.59. The highest BCUT2D eigenvalue weighted by atomic mass is 16.5. The van der Waals surface area contributed by atoms with Crippen molar-refractivity contribution in [2.75, 3.05) is 20.2 Å². The van der Waals surface area contributed by atoms with Crippen LogP contribution >= 0.6 is 0 Å². The van der Waals surface area contributed by atoms with Gasteiger partial charge in [-0.05, 0) is 36.3 Å². The number of ether oxygens (including phenoxy) is 1. The van der Waals surface area contributed by atoms with Crippen LogP contribution in [0.15, 0.2) is 59.3 Å². The maximum absolute atomic E-state index is 10.4. The van der Waals surface area contributed by atoms with Gasteiger partial charge in [0.25, 0.3) is 0 Å². The Morgan fingerprint density at radius 3 is 2.47 bits per heavy atom. The molecule has 0 aromatic heterocycles. The summed E-state index contributed by atoms with van der Waals surface area (Å²) < 4.78 is 5.76. The van der Waals surface area contributed by atoms with E-state index in [-0.39, 0.29) is 23.2 Å². The molecule has 2 unspecified atom stereocenters. The summed E-state index contributed by atoms with van der Waals surface area (Å²) in [4.78, 5) is 2.29. The first-order valence-corrected chi connectivity index (χ1v) is 10.7. The van der Waals surface area contributed by atoms with E-state index in [4.69, 9.17) is 10.5 Å². The fourth-order valence-corrected chi connectivity index (χ4v) is 5.21. The van der Waals surface area contributed by atoms with Gasteiger partial charge in [0.2, 0.25) is 0 Å². The lowest BCUT2D eigenvalue weighted by atomic mass is 9.57. The minimum atomic E-state index is -1.69. The second kappa shape index (κ2) is 8.04. The minimum absolute atomic E-state index is 0.0329. The first-order chi connectivity index (χ1) is 15.4. The zero-order chi connectivity index (χ0) is 23.0. The smallest absolute Gasteiger partial charge is 0.191 e. The van der Waals surface area contributed by atoms with Gasteiger partial charge < -0.3 is 10.5 Å². The third-order valence-electron chi connectivity index (χ3n) is 6.88. The lowest BCUT2D eigenvalue weighted by molar-refractivity contribution is 0.173. The summed E-state index contributed by atoms with van der Waals surface area (Å²) in [6.07, 6.45) is 2.03. The average Bonchev–Trinajstić information content (AvgIpc) is 2.82. The summed E-state index contributed by atoms with van der Waals surface area (Å²) in [5.74, 6) is -0.242. The van der Waals surface area contributed by atoms with Crippen LogP contribution in [0, 0.1) is 45.3 Å². The molecule has 0 spiro atoms. The van der Waals surface area contributed by atoms with E-state index >= 15 is 0 Å². The standard InChI is InChI=1S/C26H25N5O/c1-16(2)31-11-10-19-20(12-27)25(30)26(14-28,15-29)24(21(19)13-31)23-18-7-5-4-6-17(18)8-9-22(23)32-3/h4-10,16,21,24H,11,13,30H2,1-3H3. The summed E-state index contributed by atoms with van der Waals surface area (Å²) in [5.41, 5.74) is 6.68. The zero-order valence-corrected chi connectivity index (χ0v) is 18.5. The number of hydrogen-bond acceptors (Lipinski definition) is 6. The number of nitriles is 3. The Morgan fingerprint density at radius 2 is 1.84 bits per heavy atom. The van der Waals surface area contributed by atoms with E-state index in [0.717, 1.165) is 21.9 Å². The average molecular weight is 424 g/mol. The molecular weight excluding hydrogens is 398 g/mol. The molecule has 0 saturated heterocycles. The molecule has 0 fully saturated rings. The second-order valence-electron chi connectivity index (χ2n) is 8.63. The normalized spacial score (nSPS) is 22.5. The lowest BCUT2D eigenvalue weighted by Gasteiger charge is -2.46. The molecule has 2 atom stereocenters. The molecule has 0 bridgehead atoms. The van der Waals surface area contributed by atoms with Gasteiger partial charge in [0.1, 0.15) is 11.8 Å². The van der Waals surface area contributed by atoms with E-state index in [0.29, 0.717) is 18.8 Å². The highest BCUT2D eigenvalue weighted by molar-refractivity contribution is 5.89. The summed E-state index contributed by atoms with van der Waals surface area (Å²) in [6.45, 7) is 5.54. The monoisotopic (exact) mass is 423 g/mol. The number of nitrogens with zero attached hydrogens (tertiary/aromatic N) is 4. The van der Waals surface area contributed by atoms with Crippen LogP contribution in [0.25, 0.3) is 10.8 Å². The molecule has 2 aliphatic rings. The van der Waals surface area contributed by atoms with Crippen molar-refractivity contribution in [1.29, 1.82) is 15.8 Å². The van der Waals surface area contributed by atoms with E-state index < -0.39 is 11.3 Å². The third kappa shape index (κ3) is 2.94. The van der Waals surface area contributed by atoms with Crippen molar-refractivity contribution in [3.63, 3.8) is 0 Å². The molecule has 2 aromatic carbocycles. The zero-order valence-electron chi connectivity index (χ0n) is 18.5. The van der Waals surface area contributed by atoms with Gasteiger partial charge in [-0.25, -0.2) is 0 Å². The molecule has 1 heterocycles. The quantitative estimate of drug-likeness (QED) is 0.799. The summed E-state index contributed by atoms with van der Waals surface area (Å²) in [5, 5.41) is 32.6. The van der Waals surface area contributed by atoms with Gasteiger partial charge in [0, 0.05) is 36.5 Å². The predicted octanol–water partition coefficient (Wildman–Crippen LogP) is 3.98. The minimum Gasteiger partial charge on any atom is -0.496 e. The van der Waals surface area contributed by atoms with Crippen LogP contribution < -0.4 is 10.5 Å². The van der Waals surface area contributed by atoms with E-state index in [1.807, 2.05) is 42.5 Å². The molecule has 0 radical (unpaired) electrons. The van der Waals surface area contributed by atoms with Gasteiger partial charge in [-0.2, -0.15) is 15.8 Å². The fraction of sp³-hybridized carbons (Fsp3) is 0.346. The number of benzene rings is 2. The molecule has 2 N–H and O–H groups in total. The number of methoxy groups -OCH3 is 1. The van der Waals surface area contributed by atoms with E-state index in [9.17, 15) is 15.8 Å². The predicted molar refractivity (Wildman–Crippen MR) is 122 cm³/mol. The Labute approximate surface area is 188 Å². The van der Waals surface area contributed by atoms with Crippen LogP contribution in [0.5, 0.6) is 5.75 Å². The van der Waals surface area contributed by atoms with Crippen LogP contribution in [0.2, 0.25) is 0 Å². The number of allylic oxidation sites excluding steroid dienone is 2. The van der Waals surface area contributed by atoms with Crippen molar-refractivity contribution < 1.29 is 4.74 Å². The van der Waals surface area contributed by atoms with E-state index in [1.54, 1.807) is 7.11 Å². The first kappa shape index (κ1) is 21.4. The van der Waals surface area contributed by atoms with Gasteiger partial charge in [0.15, 0.2) is 5.41 Å². The maximum Gasteiger partial charge on any atom is 0.191 e. The van der Waals surface area contributed by atoms with Crippen molar-refractivity contribution in [1.82, 2.24) is 4.90 Å². The largest absolute Gasteiger partial charge is 0.496 e. The highest BCUT2D eigenvalue weighted by Gasteiger charge is 2.55. The van der Waals surface area contributed by atoms with Crippen molar-refractivity contribution in [3.05, 3.63) is 64.9 Å². The van der Waals surface area contributed by atoms with Crippen molar-refractivity contribution in [2.24, 2.45) is 17.1 Å². The molecule has 1 aliphatic heterocycles. The van der Waals surface area contributed by atoms with Gasteiger partial charge in [-0.1, -0.05) is 36.4 Å². The molecule has 6 heteroatoms. The number of fused-ring (bicyclic) bond motifs is 2.